The van der Waals surface area contributed by atoms with E-state index in [0.717, 1.165) is 5.56 Å². The molecule has 0 fully saturated rings. The summed E-state index contributed by atoms with van der Waals surface area (Å²) >= 11 is 0. The lowest BCUT2D eigenvalue weighted by atomic mass is 10.1. The lowest BCUT2D eigenvalue weighted by Crippen LogP contribution is -2.13. The first-order valence-electron chi connectivity index (χ1n) is 4.02. The molecular formula is C8H14N4O. The Hall–Kier alpha value is -1.33. The second kappa shape index (κ2) is 4.06. The zero-order valence-electron chi connectivity index (χ0n) is 7.27. The average Bonchev–Trinajstić information content (AvgIpc) is 2.10. The Morgan fingerprint density at radius 1 is 1.46 bits per heavy atom. The molecule has 0 saturated carbocycles. The Balaban J connectivity index is 2.84. The van der Waals surface area contributed by atoms with Crippen LogP contribution in [0, 0.1) is 0 Å². The molecule has 0 aliphatic heterocycles. The first kappa shape index (κ1) is 9.76. The minimum Gasteiger partial charge on any atom is -0.396 e. The smallest absolute Gasteiger partial charge is 0.146 e. The van der Waals surface area contributed by atoms with Crippen LogP contribution in [-0.4, -0.2) is 16.7 Å². The second-order valence-corrected chi connectivity index (χ2v) is 2.86. The van der Waals surface area contributed by atoms with E-state index in [0.29, 0.717) is 17.9 Å². The van der Waals surface area contributed by atoms with E-state index in [4.69, 9.17) is 22.3 Å². The van der Waals surface area contributed by atoms with Gasteiger partial charge in [0.1, 0.15) is 5.82 Å². The molecule has 5 heteroatoms. The Morgan fingerprint density at radius 3 is 2.69 bits per heavy atom. The first-order valence-corrected chi connectivity index (χ1v) is 4.02. The number of aliphatic hydroxyl groups is 1. The first-order chi connectivity index (χ1) is 6.15. The highest BCUT2D eigenvalue weighted by Gasteiger charge is 2.07. The van der Waals surface area contributed by atoms with Gasteiger partial charge in [-0.3, -0.25) is 0 Å². The molecule has 1 aromatic heterocycles. The Labute approximate surface area is 76.6 Å². The van der Waals surface area contributed by atoms with Crippen molar-refractivity contribution in [1.29, 1.82) is 0 Å². The van der Waals surface area contributed by atoms with E-state index in [1.807, 2.05) is 0 Å². The molecular weight excluding hydrogens is 168 g/mol. The lowest BCUT2D eigenvalue weighted by molar-refractivity contribution is 0.276. The van der Waals surface area contributed by atoms with Gasteiger partial charge in [-0.2, -0.15) is 0 Å². The third kappa shape index (κ3) is 2.30. The fourth-order valence-electron chi connectivity index (χ4n) is 1.02. The van der Waals surface area contributed by atoms with Crippen LogP contribution in [0.4, 0.5) is 11.5 Å². The van der Waals surface area contributed by atoms with Gasteiger partial charge in [0.2, 0.25) is 0 Å². The normalized spacial score (nSPS) is 12.8. The average molecular weight is 182 g/mol. The predicted octanol–water partition coefficient (Wildman–Crippen LogP) is -0.372. The molecule has 0 radical (unpaired) electrons. The topological polar surface area (TPSA) is 111 Å². The Morgan fingerprint density at radius 2 is 2.15 bits per heavy atom. The number of hydrogen-bond acceptors (Lipinski definition) is 5. The van der Waals surface area contributed by atoms with Crippen molar-refractivity contribution in [2.75, 3.05) is 18.1 Å². The molecule has 0 spiro atoms. The third-order valence-electron chi connectivity index (χ3n) is 1.84. The maximum atomic E-state index is 8.67. The third-order valence-corrected chi connectivity index (χ3v) is 1.84. The number of hydrogen-bond donors (Lipinski definition) is 4. The molecule has 0 aliphatic rings. The van der Waals surface area contributed by atoms with E-state index in [1.165, 1.54) is 0 Å². The molecule has 1 rings (SSSR count). The van der Waals surface area contributed by atoms with Crippen molar-refractivity contribution in [1.82, 2.24) is 4.98 Å². The number of aromatic nitrogens is 1. The number of nitrogens with two attached hydrogens (primary N) is 3. The highest BCUT2D eigenvalue weighted by Crippen LogP contribution is 2.18. The maximum Gasteiger partial charge on any atom is 0.146 e. The van der Waals surface area contributed by atoms with Crippen LogP contribution in [0.2, 0.25) is 0 Å². The van der Waals surface area contributed by atoms with Crippen LogP contribution >= 0.6 is 0 Å². The summed E-state index contributed by atoms with van der Waals surface area (Å²) in [4.78, 5) is 3.87. The van der Waals surface area contributed by atoms with Crippen molar-refractivity contribution in [2.45, 2.75) is 12.5 Å². The monoisotopic (exact) mass is 182 g/mol. The minimum absolute atomic E-state index is 0.0471. The van der Waals surface area contributed by atoms with Gasteiger partial charge in [0, 0.05) is 18.8 Å². The summed E-state index contributed by atoms with van der Waals surface area (Å²) in [6.45, 7) is 0.0471. The van der Waals surface area contributed by atoms with Crippen LogP contribution in [-0.2, 0) is 0 Å². The van der Waals surface area contributed by atoms with Crippen molar-refractivity contribution in [3.63, 3.8) is 0 Å². The van der Waals surface area contributed by atoms with Gasteiger partial charge in [-0.25, -0.2) is 4.98 Å². The molecule has 0 aromatic carbocycles. The summed E-state index contributed by atoms with van der Waals surface area (Å²) in [7, 11) is 0. The van der Waals surface area contributed by atoms with Crippen molar-refractivity contribution in [3.8, 4) is 0 Å². The SMILES string of the molecule is Nc1cc([C@H](N)CCO)cnc1N. The van der Waals surface area contributed by atoms with Gasteiger partial charge in [-0.05, 0) is 18.1 Å². The van der Waals surface area contributed by atoms with E-state index >= 15 is 0 Å². The largest absolute Gasteiger partial charge is 0.396 e. The van der Waals surface area contributed by atoms with Gasteiger partial charge < -0.3 is 22.3 Å². The summed E-state index contributed by atoms with van der Waals surface area (Å²) in [6, 6.07) is 1.45. The second-order valence-electron chi connectivity index (χ2n) is 2.86. The summed E-state index contributed by atoms with van der Waals surface area (Å²) in [5, 5.41) is 8.67. The summed E-state index contributed by atoms with van der Waals surface area (Å²) in [5.41, 5.74) is 17.9. The molecule has 72 valence electrons. The van der Waals surface area contributed by atoms with Crippen LogP contribution in [0.25, 0.3) is 0 Å². The fraction of sp³-hybridized carbons (Fsp3) is 0.375. The summed E-state index contributed by atoms with van der Waals surface area (Å²) < 4.78 is 0. The standard InChI is InChI=1S/C8H14N4O/c9-6(1-2-13)5-3-7(10)8(11)12-4-5/h3-4,6,13H,1-2,9-10H2,(H2,11,12)/t6-/m1/s1. The lowest BCUT2D eigenvalue weighted by Gasteiger charge is -2.10. The van der Waals surface area contributed by atoms with Gasteiger partial charge in [0.25, 0.3) is 0 Å². The number of nitrogens with zero attached hydrogens (tertiary/aromatic N) is 1. The van der Waals surface area contributed by atoms with Crippen molar-refractivity contribution < 1.29 is 5.11 Å². The van der Waals surface area contributed by atoms with Gasteiger partial charge in [-0.1, -0.05) is 0 Å². The maximum absolute atomic E-state index is 8.67. The number of anilines is 2. The molecule has 0 saturated heterocycles. The molecule has 0 bridgehead atoms. The molecule has 0 amide bonds. The number of pyridine rings is 1. The van der Waals surface area contributed by atoms with E-state index < -0.39 is 0 Å². The van der Waals surface area contributed by atoms with E-state index in [-0.39, 0.29) is 12.6 Å². The van der Waals surface area contributed by atoms with Crippen molar-refractivity contribution in [3.05, 3.63) is 17.8 Å². The summed E-state index contributed by atoms with van der Waals surface area (Å²) in [6.07, 6.45) is 2.07. The highest BCUT2D eigenvalue weighted by atomic mass is 16.3. The zero-order valence-corrected chi connectivity index (χ0v) is 7.27. The number of nitrogen functional groups attached to an aromatic ring is 2. The Bertz CT molecular complexity index is 289. The van der Waals surface area contributed by atoms with Crippen LogP contribution in [0.5, 0.6) is 0 Å². The summed E-state index contributed by atoms with van der Waals surface area (Å²) in [5.74, 6) is 0.306. The molecule has 1 aromatic rings. The zero-order chi connectivity index (χ0) is 9.84. The molecule has 7 N–H and O–H groups in total. The fourth-order valence-corrected chi connectivity index (χ4v) is 1.02. The van der Waals surface area contributed by atoms with Crippen LogP contribution in [0.15, 0.2) is 12.3 Å². The van der Waals surface area contributed by atoms with Crippen molar-refractivity contribution in [2.24, 2.45) is 5.73 Å². The number of aliphatic hydroxyl groups excluding tert-OH is 1. The molecule has 1 heterocycles. The quantitative estimate of drug-likeness (QED) is 0.509. The van der Waals surface area contributed by atoms with E-state index in [2.05, 4.69) is 4.98 Å². The number of rotatable bonds is 3. The molecule has 1 atom stereocenters. The van der Waals surface area contributed by atoms with Crippen molar-refractivity contribution >= 4 is 11.5 Å². The Kier molecular flexibility index (Phi) is 3.05. The van der Waals surface area contributed by atoms with E-state index in [9.17, 15) is 0 Å². The van der Waals surface area contributed by atoms with Gasteiger partial charge >= 0.3 is 0 Å². The molecule has 5 nitrogen and oxygen atoms in total. The molecule has 0 aliphatic carbocycles. The van der Waals surface area contributed by atoms with Crippen LogP contribution in [0.3, 0.4) is 0 Å². The van der Waals surface area contributed by atoms with Gasteiger partial charge in [-0.15, -0.1) is 0 Å². The predicted molar refractivity (Wildman–Crippen MR) is 51.7 cm³/mol. The highest BCUT2D eigenvalue weighted by molar-refractivity contribution is 5.58. The van der Waals surface area contributed by atoms with Gasteiger partial charge in [0.05, 0.1) is 5.69 Å². The molecule has 13 heavy (non-hydrogen) atoms. The molecule has 0 unspecified atom stereocenters. The van der Waals surface area contributed by atoms with E-state index in [1.54, 1.807) is 12.3 Å². The minimum atomic E-state index is -0.236. The van der Waals surface area contributed by atoms with Crippen LogP contribution in [0.1, 0.15) is 18.0 Å². The van der Waals surface area contributed by atoms with Gasteiger partial charge in [0.15, 0.2) is 0 Å². The van der Waals surface area contributed by atoms with Crippen LogP contribution < -0.4 is 17.2 Å².